The van der Waals surface area contributed by atoms with E-state index in [0.29, 0.717) is 12.8 Å². The summed E-state index contributed by atoms with van der Waals surface area (Å²) in [6.07, 6.45) is -0.830. The summed E-state index contributed by atoms with van der Waals surface area (Å²) >= 11 is 0. The number of alkyl halides is 3. The molecule has 0 unspecified atom stereocenters. The minimum atomic E-state index is -4.15. The van der Waals surface area contributed by atoms with Crippen molar-refractivity contribution in [2.45, 2.75) is 56.5 Å². The van der Waals surface area contributed by atoms with Crippen LogP contribution in [0.25, 0.3) is 0 Å². The Morgan fingerprint density at radius 1 is 1.13 bits per heavy atom. The largest absolute Gasteiger partial charge is 0.401 e. The zero-order valence-electron chi connectivity index (χ0n) is 8.50. The molecule has 2 atom stereocenters. The van der Waals surface area contributed by atoms with Crippen LogP contribution in [0.3, 0.4) is 0 Å². The van der Waals surface area contributed by atoms with E-state index >= 15 is 0 Å². The van der Waals surface area contributed by atoms with E-state index in [1.165, 1.54) is 4.90 Å². The molecule has 0 heterocycles. The quantitative estimate of drug-likeness (QED) is 0.790. The van der Waals surface area contributed by atoms with Crippen LogP contribution in [0, 0.1) is 0 Å². The fourth-order valence-electron chi connectivity index (χ4n) is 2.44. The lowest BCUT2D eigenvalue weighted by Gasteiger charge is -2.31. The van der Waals surface area contributed by atoms with Gasteiger partial charge in [0.1, 0.15) is 0 Å². The van der Waals surface area contributed by atoms with Gasteiger partial charge in [-0.25, -0.2) is 0 Å². The minimum absolute atomic E-state index is 0.0596. The average molecular weight is 223 g/mol. The monoisotopic (exact) mass is 223 g/mol. The zero-order valence-corrected chi connectivity index (χ0v) is 8.50. The molecule has 0 radical (unpaired) electrons. The summed E-state index contributed by atoms with van der Waals surface area (Å²) in [5.41, 5.74) is 0. The maximum Gasteiger partial charge on any atom is 0.401 e. The van der Waals surface area contributed by atoms with Gasteiger partial charge in [0.05, 0.1) is 12.6 Å². The van der Waals surface area contributed by atoms with Gasteiger partial charge < -0.3 is 5.11 Å². The summed E-state index contributed by atoms with van der Waals surface area (Å²) in [4.78, 5) is 1.47. The van der Waals surface area contributed by atoms with Crippen molar-refractivity contribution >= 4 is 0 Å². The van der Waals surface area contributed by atoms with Crippen LogP contribution in [-0.4, -0.2) is 40.9 Å². The Bertz CT molecular complexity index is 227. The summed E-state index contributed by atoms with van der Waals surface area (Å²) in [6, 6.07) is -0.205. The Balaban J connectivity index is 1.99. The molecule has 1 N–H and O–H groups in total. The van der Waals surface area contributed by atoms with Gasteiger partial charge in [-0.1, -0.05) is 0 Å². The van der Waals surface area contributed by atoms with E-state index in [4.69, 9.17) is 0 Å². The van der Waals surface area contributed by atoms with E-state index in [1.54, 1.807) is 0 Å². The predicted octanol–water partition coefficient (Wildman–Crippen LogP) is 1.93. The molecule has 2 saturated carbocycles. The van der Waals surface area contributed by atoms with Gasteiger partial charge in [-0.2, -0.15) is 13.2 Å². The first kappa shape index (κ1) is 11.2. The molecule has 0 amide bonds. The van der Waals surface area contributed by atoms with Crippen molar-refractivity contribution in [2.24, 2.45) is 0 Å². The second-order valence-electron chi connectivity index (χ2n) is 4.58. The fourth-order valence-corrected chi connectivity index (χ4v) is 2.44. The third-order valence-corrected chi connectivity index (χ3v) is 3.25. The predicted molar refractivity (Wildman–Crippen MR) is 49.4 cm³/mol. The van der Waals surface area contributed by atoms with E-state index < -0.39 is 18.8 Å². The van der Waals surface area contributed by atoms with Crippen LogP contribution < -0.4 is 0 Å². The lowest BCUT2D eigenvalue weighted by molar-refractivity contribution is -0.155. The van der Waals surface area contributed by atoms with Gasteiger partial charge in [-0.3, -0.25) is 4.90 Å². The molecule has 15 heavy (non-hydrogen) atoms. The molecule has 2 aliphatic rings. The van der Waals surface area contributed by atoms with Gasteiger partial charge in [0.15, 0.2) is 0 Å². The lowest BCUT2D eigenvalue weighted by atomic mass is 10.1. The van der Waals surface area contributed by atoms with E-state index in [1.807, 2.05) is 0 Å². The van der Waals surface area contributed by atoms with E-state index in [0.717, 1.165) is 19.3 Å². The van der Waals surface area contributed by atoms with Crippen LogP contribution in [0.4, 0.5) is 13.2 Å². The highest BCUT2D eigenvalue weighted by Gasteiger charge is 2.44. The Morgan fingerprint density at radius 2 is 1.80 bits per heavy atom. The van der Waals surface area contributed by atoms with E-state index in [2.05, 4.69) is 0 Å². The zero-order chi connectivity index (χ0) is 11.1. The van der Waals surface area contributed by atoms with Crippen LogP contribution in [-0.2, 0) is 0 Å². The molecule has 0 bridgehead atoms. The van der Waals surface area contributed by atoms with Crippen molar-refractivity contribution in [3.05, 3.63) is 0 Å². The molecular formula is C10H16F3NO. The molecular weight excluding hydrogens is 207 g/mol. The molecule has 2 rings (SSSR count). The second kappa shape index (κ2) is 3.94. The average Bonchev–Trinajstić information content (AvgIpc) is 2.85. The van der Waals surface area contributed by atoms with Crippen molar-refractivity contribution in [1.82, 2.24) is 4.90 Å². The van der Waals surface area contributed by atoms with Gasteiger partial charge in [0, 0.05) is 12.1 Å². The number of rotatable bonds is 3. The highest BCUT2D eigenvalue weighted by Crippen LogP contribution is 2.36. The lowest BCUT2D eigenvalue weighted by Crippen LogP contribution is -2.46. The minimum Gasteiger partial charge on any atom is -0.391 e. The van der Waals surface area contributed by atoms with Crippen molar-refractivity contribution in [1.29, 1.82) is 0 Å². The summed E-state index contributed by atoms with van der Waals surface area (Å²) in [5, 5.41) is 9.62. The van der Waals surface area contributed by atoms with Gasteiger partial charge in [0.2, 0.25) is 0 Å². The number of halogens is 3. The van der Waals surface area contributed by atoms with Gasteiger partial charge in [-0.05, 0) is 32.1 Å². The molecule has 5 heteroatoms. The molecule has 0 aromatic carbocycles. The standard InChI is InChI=1S/C10H16F3NO/c11-10(12,13)6-14(7-4-5-7)8-2-1-3-9(8)15/h7-9,15H,1-6H2/t8-,9-/m1/s1. The fraction of sp³-hybridized carbons (Fsp3) is 1.00. The molecule has 88 valence electrons. The summed E-state index contributed by atoms with van der Waals surface area (Å²) < 4.78 is 37.1. The molecule has 2 nitrogen and oxygen atoms in total. The van der Waals surface area contributed by atoms with Crippen LogP contribution in [0.2, 0.25) is 0 Å². The van der Waals surface area contributed by atoms with Crippen LogP contribution in [0.1, 0.15) is 32.1 Å². The Kier molecular flexibility index (Phi) is 2.94. The number of hydrogen-bond donors (Lipinski definition) is 1. The van der Waals surface area contributed by atoms with Crippen molar-refractivity contribution < 1.29 is 18.3 Å². The van der Waals surface area contributed by atoms with Crippen LogP contribution in [0.15, 0.2) is 0 Å². The maximum absolute atomic E-state index is 12.4. The Labute approximate surface area is 87.1 Å². The molecule has 0 spiro atoms. The SMILES string of the molecule is O[C@@H]1CCC[C@H]1N(CC(F)(F)F)C1CC1. The topological polar surface area (TPSA) is 23.5 Å². The van der Waals surface area contributed by atoms with Gasteiger partial charge in [-0.15, -0.1) is 0 Å². The van der Waals surface area contributed by atoms with Crippen molar-refractivity contribution in [3.8, 4) is 0 Å². The van der Waals surface area contributed by atoms with Crippen molar-refractivity contribution in [2.75, 3.05) is 6.54 Å². The molecule has 0 aromatic rings. The number of aliphatic hydroxyl groups excluding tert-OH is 1. The summed E-state index contributed by atoms with van der Waals surface area (Å²) in [6.45, 7) is -0.862. The summed E-state index contributed by atoms with van der Waals surface area (Å²) in [5.74, 6) is 0. The first-order valence-corrected chi connectivity index (χ1v) is 5.48. The summed E-state index contributed by atoms with van der Waals surface area (Å²) in [7, 11) is 0. The number of nitrogens with zero attached hydrogens (tertiary/aromatic N) is 1. The molecule has 2 fully saturated rings. The molecule has 2 aliphatic carbocycles. The van der Waals surface area contributed by atoms with Crippen LogP contribution >= 0.6 is 0 Å². The first-order valence-electron chi connectivity index (χ1n) is 5.48. The Hall–Kier alpha value is -0.290. The third-order valence-electron chi connectivity index (χ3n) is 3.25. The van der Waals surface area contributed by atoms with Gasteiger partial charge in [0.25, 0.3) is 0 Å². The van der Waals surface area contributed by atoms with E-state index in [9.17, 15) is 18.3 Å². The smallest absolute Gasteiger partial charge is 0.391 e. The third kappa shape index (κ3) is 2.84. The Morgan fingerprint density at radius 3 is 2.20 bits per heavy atom. The maximum atomic E-state index is 12.4. The normalized spacial score (nSPS) is 32.6. The van der Waals surface area contributed by atoms with Gasteiger partial charge >= 0.3 is 6.18 Å². The van der Waals surface area contributed by atoms with Crippen LogP contribution in [0.5, 0.6) is 0 Å². The number of aliphatic hydroxyl groups is 1. The highest BCUT2D eigenvalue weighted by atomic mass is 19.4. The second-order valence-corrected chi connectivity index (χ2v) is 4.58. The first-order chi connectivity index (χ1) is 6.97. The van der Waals surface area contributed by atoms with E-state index in [-0.39, 0.29) is 12.1 Å². The number of hydrogen-bond acceptors (Lipinski definition) is 2. The molecule has 0 saturated heterocycles. The molecule has 0 aliphatic heterocycles. The highest BCUT2D eigenvalue weighted by molar-refractivity contribution is 4.94. The van der Waals surface area contributed by atoms with Crippen molar-refractivity contribution in [3.63, 3.8) is 0 Å². The molecule has 0 aromatic heterocycles.